The number of anilines is 4. The van der Waals surface area contributed by atoms with Gasteiger partial charge in [-0.1, -0.05) is 36.4 Å². The predicted octanol–water partition coefficient (Wildman–Crippen LogP) is 5.66. The van der Waals surface area contributed by atoms with Crippen LogP contribution in [0, 0.1) is 10.1 Å². The van der Waals surface area contributed by atoms with Gasteiger partial charge in [0.05, 0.1) is 4.92 Å². The lowest BCUT2D eigenvalue weighted by atomic mass is 10.3. The van der Waals surface area contributed by atoms with Gasteiger partial charge in [-0.25, -0.2) is 9.97 Å². The molecule has 2 N–H and O–H groups in total. The maximum atomic E-state index is 11.7. The van der Waals surface area contributed by atoms with Gasteiger partial charge in [0.15, 0.2) is 0 Å². The van der Waals surface area contributed by atoms with Gasteiger partial charge in [0.1, 0.15) is 17.8 Å². The molecule has 0 radical (unpaired) electrons. The highest BCUT2D eigenvalue weighted by molar-refractivity contribution is 5.76. The van der Waals surface area contributed by atoms with E-state index in [1.165, 1.54) is 6.33 Å². The Morgan fingerprint density at radius 1 is 0.700 bits per heavy atom. The van der Waals surface area contributed by atoms with E-state index in [0.717, 1.165) is 5.75 Å². The zero-order valence-corrected chi connectivity index (χ0v) is 15.7. The van der Waals surface area contributed by atoms with E-state index in [4.69, 9.17) is 4.74 Å². The van der Waals surface area contributed by atoms with Crippen LogP contribution in [0.3, 0.4) is 0 Å². The second-order valence-electron chi connectivity index (χ2n) is 6.23. The first kappa shape index (κ1) is 18.9. The summed E-state index contributed by atoms with van der Waals surface area (Å²) in [5.74, 6) is 1.56. The predicted molar refractivity (Wildman–Crippen MR) is 115 cm³/mol. The molecule has 0 fully saturated rings. The second kappa shape index (κ2) is 8.70. The molecule has 0 spiro atoms. The first-order valence-corrected chi connectivity index (χ1v) is 9.10. The molecule has 0 aliphatic heterocycles. The standard InChI is InChI=1S/C22H17N5O3/c28-27(29)20-21(25-16-7-3-1-4-8-16)23-15-24-22(20)26-17-11-13-19(14-12-17)30-18-9-5-2-6-10-18/h1-15H,(H2,23,24,25,26). The summed E-state index contributed by atoms with van der Waals surface area (Å²) < 4.78 is 5.76. The Morgan fingerprint density at radius 2 is 1.20 bits per heavy atom. The summed E-state index contributed by atoms with van der Waals surface area (Å²) in [4.78, 5) is 19.3. The molecule has 3 aromatic carbocycles. The Kier molecular flexibility index (Phi) is 5.47. The van der Waals surface area contributed by atoms with Crippen molar-refractivity contribution in [2.24, 2.45) is 0 Å². The fraction of sp³-hybridized carbons (Fsp3) is 0. The molecular weight excluding hydrogens is 382 g/mol. The van der Waals surface area contributed by atoms with Crippen molar-refractivity contribution in [1.29, 1.82) is 0 Å². The van der Waals surface area contributed by atoms with Crippen molar-refractivity contribution in [3.05, 3.63) is 101 Å². The van der Waals surface area contributed by atoms with Crippen molar-refractivity contribution in [2.45, 2.75) is 0 Å². The molecule has 0 atom stereocenters. The lowest BCUT2D eigenvalue weighted by molar-refractivity contribution is -0.383. The number of ether oxygens (including phenoxy) is 1. The highest BCUT2D eigenvalue weighted by atomic mass is 16.6. The number of nitrogens with one attached hydrogen (secondary N) is 2. The smallest absolute Gasteiger partial charge is 0.353 e. The van der Waals surface area contributed by atoms with E-state index in [1.54, 1.807) is 36.4 Å². The van der Waals surface area contributed by atoms with Crippen LogP contribution < -0.4 is 15.4 Å². The molecular formula is C22H17N5O3. The van der Waals surface area contributed by atoms with Gasteiger partial charge >= 0.3 is 5.69 Å². The highest BCUT2D eigenvalue weighted by Crippen LogP contribution is 2.33. The molecule has 0 unspecified atom stereocenters. The Balaban J connectivity index is 1.55. The van der Waals surface area contributed by atoms with Crippen LogP contribution in [0.5, 0.6) is 11.5 Å². The largest absolute Gasteiger partial charge is 0.457 e. The summed E-state index contributed by atoms with van der Waals surface area (Å²) in [7, 11) is 0. The van der Waals surface area contributed by atoms with Crippen LogP contribution >= 0.6 is 0 Å². The molecule has 0 aliphatic carbocycles. The zero-order valence-electron chi connectivity index (χ0n) is 15.7. The normalized spacial score (nSPS) is 10.3. The fourth-order valence-corrected chi connectivity index (χ4v) is 2.76. The molecule has 8 heteroatoms. The molecule has 0 saturated carbocycles. The minimum Gasteiger partial charge on any atom is -0.457 e. The lowest BCUT2D eigenvalue weighted by Crippen LogP contribution is -2.05. The molecule has 4 aromatic rings. The third-order valence-corrected chi connectivity index (χ3v) is 4.14. The quantitative estimate of drug-likeness (QED) is 0.305. The van der Waals surface area contributed by atoms with Gasteiger partial charge in [-0.3, -0.25) is 10.1 Å². The van der Waals surface area contributed by atoms with Crippen molar-refractivity contribution in [3.8, 4) is 11.5 Å². The average Bonchev–Trinajstić information content (AvgIpc) is 2.76. The third kappa shape index (κ3) is 4.50. The van der Waals surface area contributed by atoms with Crippen molar-refractivity contribution in [2.75, 3.05) is 10.6 Å². The number of hydrogen-bond acceptors (Lipinski definition) is 7. The van der Waals surface area contributed by atoms with Crippen LogP contribution in [0.4, 0.5) is 28.7 Å². The van der Waals surface area contributed by atoms with Gasteiger partial charge in [-0.05, 0) is 48.5 Å². The lowest BCUT2D eigenvalue weighted by Gasteiger charge is -2.11. The van der Waals surface area contributed by atoms with E-state index in [9.17, 15) is 10.1 Å². The molecule has 0 aliphatic rings. The molecule has 1 aromatic heterocycles. The maximum Gasteiger partial charge on any atom is 0.353 e. The molecule has 1 heterocycles. The van der Waals surface area contributed by atoms with E-state index in [-0.39, 0.29) is 17.3 Å². The van der Waals surface area contributed by atoms with Gasteiger partial charge < -0.3 is 15.4 Å². The number of para-hydroxylation sites is 2. The monoisotopic (exact) mass is 399 g/mol. The highest BCUT2D eigenvalue weighted by Gasteiger charge is 2.23. The molecule has 30 heavy (non-hydrogen) atoms. The van der Waals surface area contributed by atoms with Crippen LogP contribution in [0.1, 0.15) is 0 Å². The van der Waals surface area contributed by atoms with Crippen molar-refractivity contribution < 1.29 is 9.66 Å². The Hall–Kier alpha value is -4.46. The van der Waals surface area contributed by atoms with Gasteiger partial charge in [0, 0.05) is 11.4 Å². The summed E-state index contributed by atoms with van der Waals surface area (Å²) in [5.41, 5.74) is 1.07. The number of nitrogens with zero attached hydrogens (tertiary/aromatic N) is 3. The SMILES string of the molecule is O=[N+]([O-])c1c(Nc2ccccc2)ncnc1Nc1ccc(Oc2ccccc2)cc1. The van der Waals surface area contributed by atoms with E-state index in [1.807, 2.05) is 48.5 Å². The molecule has 0 amide bonds. The molecule has 0 bridgehead atoms. The summed E-state index contributed by atoms with van der Waals surface area (Å²) >= 11 is 0. The minimum atomic E-state index is -0.513. The Bertz CT molecular complexity index is 1140. The van der Waals surface area contributed by atoms with Crippen LogP contribution in [0.25, 0.3) is 0 Å². The number of aromatic nitrogens is 2. The number of benzene rings is 3. The van der Waals surface area contributed by atoms with E-state index >= 15 is 0 Å². The second-order valence-corrected chi connectivity index (χ2v) is 6.23. The third-order valence-electron chi connectivity index (χ3n) is 4.14. The van der Waals surface area contributed by atoms with Crippen LogP contribution in [0.2, 0.25) is 0 Å². The van der Waals surface area contributed by atoms with Gasteiger partial charge in [0.2, 0.25) is 11.6 Å². The average molecular weight is 399 g/mol. The zero-order chi connectivity index (χ0) is 20.8. The molecule has 8 nitrogen and oxygen atoms in total. The minimum absolute atomic E-state index is 0.0881. The number of rotatable bonds is 7. The van der Waals surface area contributed by atoms with E-state index in [0.29, 0.717) is 17.1 Å². The van der Waals surface area contributed by atoms with Crippen LogP contribution in [-0.4, -0.2) is 14.9 Å². The van der Waals surface area contributed by atoms with Crippen molar-refractivity contribution in [1.82, 2.24) is 9.97 Å². The van der Waals surface area contributed by atoms with Gasteiger partial charge in [-0.2, -0.15) is 0 Å². The number of nitro groups is 1. The first-order chi connectivity index (χ1) is 14.7. The summed E-state index contributed by atoms with van der Waals surface area (Å²) in [6, 6.07) is 25.6. The molecule has 148 valence electrons. The fourth-order valence-electron chi connectivity index (χ4n) is 2.76. The first-order valence-electron chi connectivity index (χ1n) is 9.10. The summed E-state index contributed by atoms with van der Waals surface area (Å²) in [5, 5.41) is 17.7. The molecule has 0 saturated heterocycles. The molecule has 4 rings (SSSR count). The van der Waals surface area contributed by atoms with E-state index in [2.05, 4.69) is 20.6 Å². The van der Waals surface area contributed by atoms with Crippen LogP contribution in [0.15, 0.2) is 91.3 Å². The topological polar surface area (TPSA) is 102 Å². The Morgan fingerprint density at radius 3 is 1.77 bits per heavy atom. The van der Waals surface area contributed by atoms with Gasteiger partial charge in [0.25, 0.3) is 0 Å². The number of hydrogen-bond donors (Lipinski definition) is 2. The van der Waals surface area contributed by atoms with E-state index < -0.39 is 4.92 Å². The summed E-state index contributed by atoms with van der Waals surface area (Å²) in [6.07, 6.45) is 1.27. The maximum absolute atomic E-state index is 11.7. The van der Waals surface area contributed by atoms with Crippen LogP contribution in [-0.2, 0) is 0 Å². The van der Waals surface area contributed by atoms with Gasteiger partial charge in [-0.15, -0.1) is 0 Å². The van der Waals surface area contributed by atoms with Crippen molar-refractivity contribution in [3.63, 3.8) is 0 Å². The summed E-state index contributed by atoms with van der Waals surface area (Å²) in [6.45, 7) is 0. The van der Waals surface area contributed by atoms with Crippen molar-refractivity contribution >= 4 is 28.7 Å². The Labute approximate surface area is 172 Å².